The van der Waals surface area contributed by atoms with E-state index >= 15 is 0 Å². The first-order chi connectivity index (χ1) is 17.3. The summed E-state index contributed by atoms with van der Waals surface area (Å²) in [6, 6.07) is 16.0. The largest absolute Gasteiger partial charge is 0.493 e. The number of hydrogen-bond acceptors (Lipinski definition) is 7. The summed E-state index contributed by atoms with van der Waals surface area (Å²) in [6.07, 6.45) is 1.29. The van der Waals surface area contributed by atoms with E-state index in [0.29, 0.717) is 27.0 Å². The lowest BCUT2D eigenvalue weighted by Crippen LogP contribution is -2.54. The van der Waals surface area contributed by atoms with Crippen molar-refractivity contribution in [1.29, 1.82) is 0 Å². The molecule has 0 saturated carbocycles. The summed E-state index contributed by atoms with van der Waals surface area (Å²) in [7, 11) is 1.44. The zero-order valence-electron chi connectivity index (χ0n) is 18.8. The number of ether oxygens (including phenoxy) is 2. The molecule has 1 aliphatic rings. The van der Waals surface area contributed by atoms with E-state index in [1.807, 2.05) is 18.2 Å². The minimum absolute atomic E-state index is 0.0500. The molecule has 0 bridgehead atoms. The van der Waals surface area contributed by atoms with Crippen LogP contribution in [0.15, 0.2) is 72.3 Å². The topological polar surface area (TPSA) is 128 Å². The van der Waals surface area contributed by atoms with Gasteiger partial charge >= 0.3 is 6.03 Å². The summed E-state index contributed by atoms with van der Waals surface area (Å²) in [5, 5.41) is 13.7. The molecule has 1 saturated heterocycles. The van der Waals surface area contributed by atoms with E-state index < -0.39 is 22.8 Å². The van der Waals surface area contributed by atoms with Gasteiger partial charge in [0.1, 0.15) is 12.2 Å². The van der Waals surface area contributed by atoms with Crippen molar-refractivity contribution in [2.24, 2.45) is 0 Å². The number of rotatable bonds is 7. The van der Waals surface area contributed by atoms with Crippen LogP contribution in [0.3, 0.4) is 0 Å². The Morgan fingerprint density at radius 2 is 1.81 bits per heavy atom. The number of benzene rings is 3. The number of barbiturate groups is 1. The van der Waals surface area contributed by atoms with Crippen LogP contribution in [-0.2, 0) is 16.2 Å². The Morgan fingerprint density at radius 3 is 2.53 bits per heavy atom. The first-order valence-corrected chi connectivity index (χ1v) is 10.9. The lowest BCUT2D eigenvalue weighted by Gasteiger charge is -2.26. The Balaban J connectivity index is 1.61. The van der Waals surface area contributed by atoms with Crippen LogP contribution in [0, 0.1) is 10.1 Å². The average Bonchev–Trinajstić information content (AvgIpc) is 2.86. The van der Waals surface area contributed by atoms with Crippen molar-refractivity contribution in [3.05, 3.63) is 98.6 Å². The van der Waals surface area contributed by atoms with Crippen molar-refractivity contribution in [3.8, 4) is 11.5 Å². The molecule has 4 rings (SSSR count). The zero-order valence-corrected chi connectivity index (χ0v) is 19.5. The number of non-ortho nitro benzene ring substituents is 1. The molecule has 36 heavy (non-hydrogen) atoms. The first kappa shape index (κ1) is 24.4. The van der Waals surface area contributed by atoms with Crippen LogP contribution in [0.4, 0.5) is 16.2 Å². The molecular formula is C25H18ClN3O7. The zero-order chi connectivity index (χ0) is 25.8. The minimum atomic E-state index is -1.01. The Kier molecular flexibility index (Phi) is 6.98. The number of nitro groups is 1. The molecule has 0 unspecified atom stereocenters. The van der Waals surface area contributed by atoms with Gasteiger partial charge in [-0.25, -0.2) is 9.69 Å². The van der Waals surface area contributed by atoms with Gasteiger partial charge < -0.3 is 9.47 Å². The molecular weight excluding hydrogens is 490 g/mol. The second-order valence-corrected chi connectivity index (χ2v) is 7.93. The summed E-state index contributed by atoms with van der Waals surface area (Å²) >= 11 is 6.17. The maximum Gasteiger partial charge on any atom is 0.335 e. The molecule has 11 heteroatoms. The third-order valence-electron chi connectivity index (χ3n) is 5.24. The number of urea groups is 1. The van der Waals surface area contributed by atoms with Gasteiger partial charge in [-0.1, -0.05) is 41.9 Å². The Hall–Kier alpha value is -4.70. The van der Waals surface area contributed by atoms with Crippen LogP contribution >= 0.6 is 11.6 Å². The van der Waals surface area contributed by atoms with Gasteiger partial charge in [-0.15, -0.1) is 0 Å². The third-order valence-corrected chi connectivity index (χ3v) is 5.61. The second-order valence-electron chi connectivity index (χ2n) is 7.53. The molecule has 1 fully saturated rings. The van der Waals surface area contributed by atoms with Gasteiger partial charge in [0.2, 0.25) is 0 Å². The highest BCUT2D eigenvalue weighted by Crippen LogP contribution is 2.31. The molecule has 3 aromatic carbocycles. The lowest BCUT2D eigenvalue weighted by atomic mass is 10.1. The Bertz CT molecular complexity index is 1420. The predicted molar refractivity (Wildman–Crippen MR) is 131 cm³/mol. The summed E-state index contributed by atoms with van der Waals surface area (Å²) in [5.74, 6) is -1.08. The highest BCUT2D eigenvalue weighted by Gasteiger charge is 2.37. The van der Waals surface area contributed by atoms with Gasteiger partial charge in [0.25, 0.3) is 17.5 Å². The molecule has 0 aliphatic carbocycles. The number of nitrogens with zero attached hydrogens (tertiary/aromatic N) is 2. The van der Waals surface area contributed by atoms with Gasteiger partial charge in [0.05, 0.1) is 17.7 Å². The molecule has 4 amide bonds. The fourth-order valence-electron chi connectivity index (χ4n) is 3.47. The number of nitro benzene ring substituents is 1. The van der Waals surface area contributed by atoms with Crippen LogP contribution in [0.25, 0.3) is 6.08 Å². The highest BCUT2D eigenvalue weighted by atomic mass is 35.5. The fraction of sp³-hybridized carbons (Fsp3) is 0.0800. The van der Waals surface area contributed by atoms with Crippen molar-refractivity contribution in [1.82, 2.24) is 5.32 Å². The molecule has 3 aromatic rings. The Morgan fingerprint density at radius 1 is 1.03 bits per heavy atom. The van der Waals surface area contributed by atoms with Crippen molar-refractivity contribution in [3.63, 3.8) is 0 Å². The van der Waals surface area contributed by atoms with E-state index in [2.05, 4.69) is 5.32 Å². The molecule has 0 radical (unpaired) electrons. The van der Waals surface area contributed by atoms with Crippen LogP contribution in [0.5, 0.6) is 11.5 Å². The van der Waals surface area contributed by atoms with E-state index in [1.165, 1.54) is 31.4 Å². The second kappa shape index (κ2) is 10.3. The maximum atomic E-state index is 13.1. The fourth-order valence-corrected chi connectivity index (χ4v) is 3.66. The van der Waals surface area contributed by atoms with Gasteiger partial charge in [-0.05, 0) is 35.9 Å². The molecule has 0 atom stereocenters. The molecule has 0 spiro atoms. The molecule has 0 aromatic heterocycles. The summed E-state index contributed by atoms with van der Waals surface area (Å²) in [4.78, 5) is 49.0. The molecule has 1 aliphatic heterocycles. The van der Waals surface area contributed by atoms with Crippen LogP contribution in [0.2, 0.25) is 5.02 Å². The van der Waals surface area contributed by atoms with Crippen molar-refractivity contribution in [2.75, 3.05) is 12.0 Å². The standard InChI is InChI=1S/C25H18ClN3O7/c1-35-22-12-15(9-10-21(22)36-14-16-5-2-3-8-20(16)26)11-19-23(30)27-25(32)28(24(19)31)17-6-4-7-18(13-17)29(33)34/h2-13H,14H2,1H3,(H,27,30,32)/b19-11+. The smallest absolute Gasteiger partial charge is 0.335 e. The van der Waals surface area contributed by atoms with E-state index in [0.717, 1.165) is 11.6 Å². The quantitative estimate of drug-likeness (QED) is 0.216. The predicted octanol–water partition coefficient (Wildman–Crippen LogP) is 4.50. The lowest BCUT2D eigenvalue weighted by molar-refractivity contribution is -0.384. The van der Waals surface area contributed by atoms with E-state index in [4.69, 9.17) is 21.1 Å². The number of imide groups is 2. The van der Waals surface area contributed by atoms with Crippen LogP contribution < -0.4 is 19.7 Å². The van der Waals surface area contributed by atoms with Crippen molar-refractivity contribution < 1.29 is 28.8 Å². The number of carbonyl (C=O) groups is 3. The van der Waals surface area contributed by atoms with E-state index in [-0.39, 0.29) is 23.6 Å². The van der Waals surface area contributed by atoms with Gasteiger partial charge in [0.15, 0.2) is 11.5 Å². The normalized spacial score (nSPS) is 14.6. The minimum Gasteiger partial charge on any atom is -0.493 e. The summed E-state index contributed by atoms with van der Waals surface area (Å²) in [6.45, 7) is 0.192. The number of nitrogens with one attached hydrogen (secondary N) is 1. The molecule has 1 N–H and O–H groups in total. The van der Waals surface area contributed by atoms with Crippen LogP contribution in [0.1, 0.15) is 11.1 Å². The monoisotopic (exact) mass is 507 g/mol. The highest BCUT2D eigenvalue weighted by molar-refractivity contribution is 6.39. The van der Waals surface area contributed by atoms with Crippen LogP contribution in [-0.4, -0.2) is 29.9 Å². The van der Waals surface area contributed by atoms with Crippen molar-refractivity contribution >= 4 is 46.9 Å². The number of carbonyl (C=O) groups excluding carboxylic acids is 3. The number of anilines is 1. The molecule has 1 heterocycles. The first-order valence-electron chi connectivity index (χ1n) is 10.5. The van der Waals surface area contributed by atoms with Crippen molar-refractivity contribution in [2.45, 2.75) is 6.61 Å². The SMILES string of the molecule is COc1cc(/C=C2\C(=O)NC(=O)N(c3cccc([N+](=O)[O-])c3)C2=O)ccc1OCc1ccccc1Cl. The number of amides is 4. The van der Waals surface area contributed by atoms with Gasteiger partial charge in [0, 0.05) is 22.7 Å². The summed E-state index contributed by atoms with van der Waals surface area (Å²) in [5.41, 5.74) is 0.498. The average molecular weight is 508 g/mol. The number of hydrogen-bond donors (Lipinski definition) is 1. The molecule has 10 nitrogen and oxygen atoms in total. The third kappa shape index (κ3) is 5.03. The van der Waals surface area contributed by atoms with E-state index in [9.17, 15) is 24.5 Å². The Labute approximate surface area is 209 Å². The number of methoxy groups -OCH3 is 1. The van der Waals surface area contributed by atoms with E-state index in [1.54, 1.807) is 24.3 Å². The van der Waals surface area contributed by atoms with Gasteiger partial charge in [-0.2, -0.15) is 0 Å². The summed E-state index contributed by atoms with van der Waals surface area (Å²) < 4.78 is 11.2. The molecule has 182 valence electrons. The number of halogens is 1. The maximum absolute atomic E-state index is 13.1. The van der Waals surface area contributed by atoms with Gasteiger partial charge in [-0.3, -0.25) is 25.0 Å².